The highest BCUT2D eigenvalue weighted by Gasteiger charge is 2.31. The predicted octanol–water partition coefficient (Wildman–Crippen LogP) is 2.89. The molecule has 3 atom stereocenters. The molecule has 1 aromatic rings. The van der Waals surface area contributed by atoms with Gasteiger partial charge in [0.25, 0.3) is 0 Å². The fourth-order valence-electron chi connectivity index (χ4n) is 2.77. The van der Waals surface area contributed by atoms with Crippen LogP contribution in [0.25, 0.3) is 0 Å². The molecular weight excluding hydrogens is 290 g/mol. The van der Waals surface area contributed by atoms with Crippen molar-refractivity contribution in [3.05, 3.63) is 34.9 Å². The first-order valence-corrected chi connectivity index (χ1v) is 7.61. The number of carboxylic acid groups (broad SMARTS) is 1. The number of carbonyl (C=O) groups excluding carboxylic acids is 1. The minimum Gasteiger partial charge on any atom is -0.481 e. The Balaban J connectivity index is 1.86. The van der Waals surface area contributed by atoms with E-state index in [2.05, 4.69) is 5.32 Å². The van der Waals surface area contributed by atoms with E-state index in [4.69, 9.17) is 16.7 Å². The highest BCUT2D eigenvalue weighted by Crippen LogP contribution is 2.26. The average Bonchev–Trinajstić information content (AvgIpc) is 2.90. The lowest BCUT2D eigenvalue weighted by Crippen LogP contribution is -2.37. The Morgan fingerprint density at radius 1 is 1.38 bits per heavy atom. The zero-order chi connectivity index (χ0) is 15.4. The molecule has 0 heterocycles. The van der Waals surface area contributed by atoms with Crippen molar-refractivity contribution in [2.24, 2.45) is 11.8 Å². The first kappa shape index (κ1) is 15.8. The summed E-state index contributed by atoms with van der Waals surface area (Å²) < 4.78 is 0. The third-order valence-electron chi connectivity index (χ3n) is 4.06. The van der Waals surface area contributed by atoms with E-state index in [0.717, 1.165) is 12.0 Å². The lowest BCUT2D eigenvalue weighted by atomic mass is 10.00. The van der Waals surface area contributed by atoms with Crippen molar-refractivity contribution in [3.63, 3.8) is 0 Å². The fraction of sp³-hybridized carbons (Fsp3) is 0.500. The maximum atomic E-state index is 12.2. The van der Waals surface area contributed by atoms with Crippen LogP contribution in [0.1, 0.15) is 31.7 Å². The van der Waals surface area contributed by atoms with Gasteiger partial charge in [-0.3, -0.25) is 9.59 Å². The monoisotopic (exact) mass is 309 g/mol. The second-order valence-corrected chi connectivity index (χ2v) is 6.16. The Morgan fingerprint density at radius 3 is 2.71 bits per heavy atom. The van der Waals surface area contributed by atoms with Gasteiger partial charge in [0, 0.05) is 17.0 Å². The van der Waals surface area contributed by atoms with Gasteiger partial charge < -0.3 is 10.4 Å². The molecule has 0 spiro atoms. The minimum absolute atomic E-state index is 0.0210. The lowest BCUT2D eigenvalue weighted by molar-refractivity contribution is -0.141. The van der Waals surface area contributed by atoms with E-state index >= 15 is 0 Å². The van der Waals surface area contributed by atoms with Gasteiger partial charge in [-0.15, -0.1) is 0 Å². The summed E-state index contributed by atoms with van der Waals surface area (Å²) >= 11 is 6.10. The summed E-state index contributed by atoms with van der Waals surface area (Å²) in [5, 5.41) is 12.6. The quantitative estimate of drug-likeness (QED) is 0.879. The van der Waals surface area contributed by atoms with E-state index in [-0.39, 0.29) is 23.8 Å². The lowest BCUT2D eigenvalue weighted by Gasteiger charge is -2.17. The van der Waals surface area contributed by atoms with Crippen LogP contribution < -0.4 is 5.32 Å². The Morgan fingerprint density at radius 2 is 2.10 bits per heavy atom. The largest absolute Gasteiger partial charge is 0.481 e. The van der Waals surface area contributed by atoms with Crippen LogP contribution >= 0.6 is 11.6 Å². The second-order valence-electron chi connectivity index (χ2n) is 5.75. The summed E-state index contributed by atoms with van der Waals surface area (Å²) in [5.74, 6) is -1.32. The van der Waals surface area contributed by atoms with Gasteiger partial charge in [-0.1, -0.05) is 36.7 Å². The molecule has 0 bridgehead atoms. The fourth-order valence-corrected chi connectivity index (χ4v) is 2.98. The molecule has 0 radical (unpaired) electrons. The molecule has 0 aliphatic heterocycles. The van der Waals surface area contributed by atoms with E-state index in [0.29, 0.717) is 24.3 Å². The molecule has 114 valence electrons. The number of halogens is 1. The van der Waals surface area contributed by atoms with Gasteiger partial charge in [0.05, 0.1) is 5.92 Å². The molecule has 0 aromatic heterocycles. The highest BCUT2D eigenvalue weighted by atomic mass is 35.5. The van der Waals surface area contributed by atoms with Crippen LogP contribution in [0.15, 0.2) is 24.3 Å². The SMILES string of the molecule is CC(Cc1ccccc1Cl)C(=O)N[C@H]1CC[C@@H](C(=O)O)C1. The smallest absolute Gasteiger partial charge is 0.306 e. The number of carbonyl (C=O) groups is 2. The number of carboxylic acids is 1. The predicted molar refractivity (Wildman–Crippen MR) is 81.2 cm³/mol. The molecule has 2 rings (SSSR count). The number of aliphatic carboxylic acids is 1. The van der Waals surface area contributed by atoms with Crippen LogP contribution in [-0.4, -0.2) is 23.0 Å². The Kier molecular flexibility index (Phi) is 5.23. The van der Waals surface area contributed by atoms with E-state index < -0.39 is 5.97 Å². The molecule has 21 heavy (non-hydrogen) atoms. The van der Waals surface area contributed by atoms with Gasteiger partial charge in [-0.2, -0.15) is 0 Å². The number of hydrogen-bond acceptors (Lipinski definition) is 2. The molecule has 1 aromatic carbocycles. The summed E-state index contributed by atoms with van der Waals surface area (Å²) in [6, 6.07) is 7.48. The van der Waals surface area contributed by atoms with E-state index in [1.165, 1.54) is 0 Å². The van der Waals surface area contributed by atoms with Crippen molar-refractivity contribution in [2.45, 2.75) is 38.6 Å². The number of nitrogens with one attached hydrogen (secondary N) is 1. The number of amides is 1. The standard InChI is InChI=1S/C16H20ClNO3/c1-10(8-11-4-2-3-5-14(11)17)15(19)18-13-7-6-12(9-13)16(20)21/h2-5,10,12-13H,6-9H2,1H3,(H,18,19)(H,20,21)/t10?,12-,13+/m1/s1. The van der Waals surface area contributed by atoms with Crippen LogP contribution in [0.3, 0.4) is 0 Å². The molecule has 0 saturated heterocycles. The van der Waals surface area contributed by atoms with Gasteiger partial charge >= 0.3 is 5.97 Å². The zero-order valence-electron chi connectivity index (χ0n) is 12.0. The zero-order valence-corrected chi connectivity index (χ0v) is 12.8. The molecule has 1 aliphatic rings. The molecule has 1 saturated carbocycles. The van der Waals surface area contributed by atoms with Gasteiger partial charge in [0.15, 0.2) is 0 Å². The van der Waals surface area contributed by atoms with Crippen molar-refractivity contribution in [1.29, 1.82) is 0 Å². The number of hydrogen-bond donors (Lipinski definition) is 2. The van der Waals surface area contributed by atoms with E-state index in [1.807, 2.05) is 31.2 Å². The van der Waals surface area contributed by atoms with Gasteiger partial charge in [-0.05, 0) is 37.3 Å². The van der Waals surface area contributed by atoms with Gasteiger partial charge in [0.2, 0.25) is 5.91 Å². The van der Waals surface area contributed by atoms with Crippen LogP contribution in [0.4, 0.5) is 0 Å². The maximum absolute atomic E-state index is 12.2. The maximum Gasteiger partial charge on any atom is 0.306 e. The third-order valence-corrected chi connectivity index (χ3v) is 4.43. The molecular formula is C16H20ClNO3. The van der Waals surface area contributed by atoms with Crippen LogP contribution in [0.5, 0.6) is 0 Å². The molecule has 1 aliphatic carbocycles. The summed E-state index contributed by atoms with van der Waals surface area (Å²) in [6.07, 6.45) is 2.49. The second kappa shape index (κ2) is 6.94. The minimum atomic E-state index is -0.768. The van der Waals surface area contributed by atoms with Crippen LogP contribution in [0, 0.1) is 11.8 Å². The van der Waals surface area contributed by atoms with Gasteiger partial charge in [-0.25, -0.2) is 0 Å². The third kappa shape index (κ3) is 4.21. The first-order chi connectivity index (χ1) is 9.97. The van der Waals surface area contributed by atoms with Crippen molar-refractivity contribution in [1.82, 2.24) is 5.32 Å². The summed E-state index contributed by atoms with van der Waals surface area (Å²) in [4.78, 5) is 23.1. The summed E-state index contributed by atoms with van der Waals surface area (Å²) in [5.41, 5.74) is 0.955. The van der Waals surface area contributed by atoms with Crippen LogP contribution in [-0.2, 0) is 16.0 Å². The number of benzene rings is 1. The normalized spacial score (nSPS) is 22.8. The first-order valence-electron chi connectivity index (χ1n) is 7.24. The highest BCUT2D eigenvalue weighted by molar-refractivity contribution is 6.31. The van der Waals surface area contributed by atoms with E-state index in [9.17, 15) is 9.59 Å². The molecule has 1 fully saturated rings. The van der Waals surface area contributed by atoms with E-state index in [1.54, 1.807) is 0 Å². The molecule has 4 nitrogen and oxygen atoms in total. The van der Waals surface area contributed by atoms with Crippen molar-refractivity contribution in [3.8, 4) is 0 Å². The summed E-state index contributed by atoms with van der Waals surface area (Å²) in [6.45, 7) is 1.86. The Bertz CT molecular complexity index is 532. The average molecular weight is 310 g/mol. The van der Waals surface area contributed by atoms with Crippen molar-refractivity contribution >= 4 is 23.5 Å². The molecule has 1 amide bonds. The van der Waals surface area contributed by atoms with Crippen LogP contribution in [0.2, 0.25) is 5.02 Å². The molecule has 1 unspecified atom stereocenters. The van der Waals surface area contributed by atoms with Crippen molar-refractivity contribution < 1.29 is 14.7 Å². The molecule has 5 heteroatoms. The topological polar surface area (TPSA) is 66.4 Å². The summed E-state index contributed by atoms with van der Waals surface area (Å²) in [7, 11) is 0. The molecule has 2 N–H and O–H groups in total. The Hall–Kier alpha value is -1.55. The number of rotatable bonds is 5. The van der Waals surface area contributed by atoms with Gasteiger partial charge in [0.1, 0.15) is 0 Å². The Labute approximate surface area is 129 Å². The van der Waals surface area contributed by atoms with Crippen molar-refractivity contribution in [2.75, 3.05) is 0 Å².